The number of benzene rings is 1. The maximum atomic E-state index is 13.9. The molecule has 0 atom stereocenters. The molecule has 24 heavy (non-hydrogen) atoms. The molecule has 0 radical (unpaired) electrons. The van der Waals surface area contributed by atoms with E-state index in [9.17, 15) is 9.18 Å². The molecule has 0 saturated heterocycles. The van der Waals surface area contributed by atoms with Crippen molar-refractivity contribution in [3.8, 4) is 0 Å². The number of nitrogens with one attached hydrogen (secondary N) is 1. The lowest BCUT2D eigenvalue weighted by molar-refractivity contribution is 0.0528. The average Bonchev–Trinajstić information content (AvgIpc) is 3.23. The minimum atomic E-state index is -0.520. The van der Waals surface area contributed by atoms with Gasteiger partial charge in [-0.05, 0) is 61.7 Å². The molecule has 1 aliphatic rings. The van der Waals surface area contributed by atoms with E-state index in [-0.39, 0.29) is 5.82 Å². The summed E-state index contributed by atoms with van der Waals surface area (Å²) in [6.45, 7) is 5.90. The molecule has 2 aromatic rings. The Balaban J connectivity index is 1.77. The summed E-state index contributed by atoms with van der Waals surface area (Å²) in [5, 5.41) is 2.74. The van der Waals surface area contributed by atoms with Gasteiger partial charge in [0.2, 0.25) is 0 Å². The predicted molar refractivity (Wildman–Crippen MR) is 93.6 cm³/mol. The second kappa shape index (κ2) is 6.35. The third-order valence-corrected chi connectivity index (χ3v) is 4.50. The summed E-state index contributed by atoms with van der Waals surface area (Å²) >= 11 is 3.34. The SMILES string of the molecule is CC(C)(C)OC(=O)NCCc1nc2ccc(F)c(Br)c2n1C1CC1. The van der Waals surface area contributed by atoms with E-state index in [4.69, 9.17) is 4.74 Å². The first kappa shape index (κ1) is 17.2. The number of imidazole rings is 1. The number of halogens is 2. The lowest BCUT2D eigenvalue weighted by Crippen LogP contribution is -2.33. The molecule has 5 nitrogen and oxygen atoms in total. The van der Waals surface area contributed by atoms with Crippen molar-refractivity contribution in [2.75, 3.05) is 6.54 Å². The summed E-state index contributed by atoms with van der Waals surface area (Å²) in [4.78, 5) is 16.4. The van der Waals surface area contributed by atoms with Gasteiger partial charge in [-0.15, -0.1) is 0 Å². The third-order valence-electron chi connectivity index (χ3n) is 3.75. The Kier molecular flexibility index (Phi) is 4.55. The highest BCUT2D eigenvalue weighted by atomic mass is 79.9. The first-order valence-corrected chi connectivity index (χ1v) is 8.87. The number of carbonyl (C=O) groups excluding carboxylic acids is 1. The maximum Gasteiger partial charge on any atom is 0.407 e. The van der Waals surface area contributed by atoms with Crippen molar-refractivity contribution >= 4 is 33.1 Å². The van der Waals surface area contributed by atoms with Crippen LogP contribution >= 0.6 is 15.9 Å². The number of rotatable bonds is 4. The molecule has 1 aromatic carbocycles. The van der Waals surface area contributed by atoms with Crippen LogP contribution in [0.25, 0.3) is 11.0 Å². The summed E-state index contributed by atoms with van der Waals surface area (Å²) in [5.41, 5.74) is 1.04. The van der Waals surface area contributed by atoms with E-state index in [0.29, 0.717) is 23.5 Å². The highest BCUT2D eigenvalue weighted by Gasteiger charge is 2.29. The van der Waals surface area contributed by atoms with Gasteiger partial charge >= 0.3 is 6.09 Å². The third kappa shape index (κ3) is 3.71. The molecule has 130 valence electrons. The first-order valence-electron chi connectivity index (χ1n) is 8.08. The van der Waals surface area contributed by atoms with E-state index in [1.165, 1.54) is 6.07 Å². The molecule has 1 saturated carbocycles. The van der Waals surface area contributed by atoms with Crippen molar-refractivity contribution in [3.05, 3.63) is 28.2 Å². The molecule has 0 spiro atoms. The van der Waals surface area contributed by atoms with Crippen LogP contribution in [0.4, 0.5) is 9.18 Å². The number of carbonyl (C=O) groups is 1. The molecule has 7 heteroatoms. The summed E-state index contributed by atoms with van der Waals surface area (Å²) in [6, 6.07) is 3.48. The predicted octanol–water partition coefficient (Wildman–Crippen LogP) is 4.34. The van der Waals surface area contributed by atoms with E-state index in [1.807, 2.05) is 20.8 Å². The molecule has 1 heterocycles. The number of alkyl carbamates (subject to hydrolysis) is 1. The van der Waals surface area contributed by atoms with E-state index in [0.717, 1.165) is 29.7 Å². The summed E-state index contributed by atoms with van der Waals surface area (Å²) in [6.07, 6.45) is 2.27. The second-order valence-corrected chi connectivity index (χ2v) is 7.83. The van der Waals surface area contributed by atoms with Crippen molar-refractivity contribution in [1.29, 1.82) is 0 Å². The zero-order chi connectivity index (χ0) is 17.5. The van der Waals surface area contributed by atoms with E-state index in [1.54, 1.807) is 6.07 Å². The molecule has 0 aliphatic heterocycles. The Morgan fingerprint density at radius 3 is 2.79 bits per heavy atom. The summed E-state index contributed by atoms with van der Waals surface area (Å²) in [7, 11) is 0. The Bertz CT molecular complexity index is 778. The number of amides is 1. The average molecular weight is 398 g/mol. The van der Waals surface area contributed by atoms with Crippen LogP contribution in [0.3, 0.4) is 0 Å². The van der Waals surface area contributed by atoms with Gasteiger partial charge in [-0.2, -0.15) is 0 Å². The van der Waals surface area contributed by atoms with Crippen LogP contribution in [0.15, 0.2) is 16.6 Å². The van der Waals surface area contributed by atoms with Crippen LogP contribution in [0.1, 0.15) is 45.5 Å². The zero-order valence-corrected chi connectivity index (χ0v) is 15.6. The van der Waals surface area contributed by atoms with Gasteiger partial charge in [0.05, 0.1) is 15.5 Å². The monoisotopic (exact) mass is 397 g/mol. The number of aromatic nitrogens is 2. The van der Waals surface area contributed by atoms with Crippen LogP contribution in [-0.2, 0) is 11.2 Å². The first-order chi connectivity index (χ1) is 11.3. The van der Waals surface area contributed by atoms with Crippen LogP contribution < -0.4 is 5.32 Å². The summed E-state index contributed by atoms with van der Waals surface area (Å²) < 4.78 is 21.6. The Hall–Kier alpha value is -1.63. The zero-order valence-electron chi connectivity index (χ0n) is 14.0. The standard InChI is InChI=1S/C17H21BrFN3O2/c1-17(2,3)24-16(23)20-9-8-13-21-12-7-6-11(19)14(18)15(12)22(13)10-4-5-10/h6-7,10H,4-5,8-9H2,1-3H3,(H,20,23). The van der Waals surface area contributed by atoms with Gasteiger partial charge in [-0.1, -0.05) is 0 Å². The van der Waals surface area contributed by atoms with Crippen molar-refractivity contribution < 1.29 is 13.9 Å². The fourth-order valence-corrected chi connectivity index (χ4v) is 3.19. The second-order valence-electron chi connectivity index (χ2n) is 7.04. The van der Waals surface area contributed by atoms with Gasteiger partial charge in [-0.3, -0.25) is 0 Å². The molecule has 0 unspecified atom stereocenters. The largest absolute Gasteiger partial charge is 0.444 e. The lowest BCUT2D eigenvalue weighted by Gasteiger charge is -2.19. The molecular formula is C17H21BrFN3O2. The van der Waals surface area contributed by atoms with E-state index >= 15 is 0 Å². The highest BCUT2D eigenvalue weighted by molar-refractivity contribution is 9.10. The smallest absolute Gasteiger partial charge is 0.407 e. The molecule has 1 N–H and O–H groups in total. The van der Waals surface area contributed by atoms with Crippen molar-refractivity contribution in [1.82, 2.24) is 14.9 Å². The minimum Gasteiger partial charge on any atom is -0.444 e. The fourth-order valence-electron chi connectivity index (χ4n) is 2.66. The Morgan fingerprint density at radius 1 is 1.46 bits per heavy atom. The minimum absolute atomic E-state index is 0.289. The van der Waals surface area contributed by atoms with E-state index in [2.05, 4.69) is 30.8 Å². The normalized spacial score (nSPS) is 14.9. The number of hydrogen-bond donors (Lipinski definition) is 1. The molecule has 1 fully saturated rings. The maximum absolute atomic E-state index is 13.9. The van der Waals surface area contributed by atoms with Crippen molar-refractivity contribution in [2.24, 2.45) is 0 Å². The fraction of sp³-hybridized carbons (Fsp3) is 0.529. The van der Waals surface area contributed by atoms with Gasteiger partial charge in [-0.25, -0.2) is 14.2 Å². The highest BCUT2D eigenvalue weighted by Crippen LogP contribution is 2.41. The van der Waals surface area contributed by atoms with Crippen LogP contribution in [-0.4, -0.2) is 27.8 Å². The van der Waals surface area contributed by atoms with Gasteiger partial charge in [0.25, 0.3) is 0 Å². The molecule has 1 aromatic heterocycles. The molecule has 1 aliphatic carbocycles. The van der Waals surface area contributed by atoms with Gasteiger partial charge in [0, 0.05) is 19.0 Å². The molecular weight excluding hydrogens is 377 g/mol. The Labute approximate surface area is 148 Å². The number of fused-ring (bicyclic) bond motifs is 1. The quantitative estimate of drug-likeness (QED) is 0.834. The Morgan fingerprint density at radius 2 is 2.17 bits per heavy atom. The van der Waals surface area contributed by atoms with Crippen LogP contribution in [0, 0.1) is 5.82 Å². The van der Waals surface area contributed by atoms with Gasteiger partial charge in [0.15, 0.2) is 0 Å². The topological polar surface area (TPSA) is 56.1 Å². The number of hydrogen-bond acceptors (Lipinski definition) is 3. The molecule has 0 bridgehead atoms. The van der Waals surface area contributed by atoms with Gasteiger partial charge in [0.1, 0.15) is 17.2 Å². The number of nitrogens with zero attached hydrogens (tertiary/aromatic N) is 2. The van der Waals surface area contributed by atoms with Gasteiger partial charge < -0.3 is 14.6 Å². The van der Waals surface area contributed by atoms with Crippen LogP contribution in [0.2, 0.25) is 0 Å². The van der Waals surface area contributed by atoms with E-state index < -0.39 is 11.7 Å². The molecule has 3 rings (SSSR count). The van der Waals surface area contributed by atoms with Crippen molar-refractivity contribution in [3.63, 3.8) is 0 Å². The van der Waals surface area contributed by atoms with Crippen molar-refractivity contribution in [2.45, 2.75) is 51.7 Å². The van der Waals surface area contributed by atoms with Crippen LogP contribution in [0.5, 0.6) is 0 Å². The molecule has 1 amide bonds. The summed E-state index contributed by atoms with van der Waals surface area (Å²) in [5.74, 6) is 0.567. The number of ether oxygens (including phenoxy) is 1. The lowest BCUT2D eigenvalue weighted by atomic mass is 10.2.